The minimum Gasteiger partial charge on any atom is -0.218 e. The third kappa shape index (κ3) is 5.08. The number of rotatable bonds is 5. The lowest BCUT2D eigenvalue weighted by atomic mass is 10.4. The molecule has 1 N–H and O–H groups in total. The van der Waals surface area contributed by atoms with E-state index in [4.69, 9.17) is 0 Å². The van der Waals surface area contributed by atoms with E-state index in [-0.39, 0.29) is 5.75 Å². The number of hydrogen-bond donors (Lipinski definition) is 2. The van der Waals surface area contributed by atoms with Gasteiger partial charge in [0.15, 0.2) is 0 Å². The second kappa shape index (κ2) is 4.98. The van der Waals surface area contributed by atoms with Gasteiger partial charge in [-0.05, 0) is 25.6 Å². The van der Waals surface area contributed by atoms with Gasteiger partial charge in [0.05, 0.1) is 5.75 Å². The number of sulfonamides is 1. The maximum absolute atomic E-state index is 10.7. The molecular weight excluding hydrogens is 170 g/mol. The Balaban J connectivity index is 3.49. The lowest BCUT2D eigenvalue weighted by Gasteiger charge is -1.99. The molecular formula is C5H13NO2S2. The van der Waals surface area contributed by atoms with Gasteiger partial charge in [0.2, 0.25) is 10.0 Å². The lowest BCUT2D eigenvalue weighted by molar-refractivity contribution is 0.585. The second-order valence-corrected chi connectivity index (χ2v) is 4.45. The highest BCUT2D eigenvalue weighted by molar-refractivity contribution is 7.89. The van der Waals surface area contributed by atoms with Crippen LogP contribution in [0.1, 0.15) is 12.8 Å². The van der Waals surface area contributed by atoms with E-state index in [1.165, 1.54) is 7.05 Å². The molecule has 0 heterocycles. The molecule has 0 saturated carbocycles. The molecule has 0 saturated heterocycles. The average Bonchev–Trinajstić information content (AvgIpc) is 1.89. The Morgan fingerprint density at radius 2 is 2.00 bits per heavy atom. The largest absolute Gasteiger partial charge is 0.218 e. The standard InChI is InChI=1S/C5H13NO2S2/c1-6-10(7,8)5-3-2-4-9/h6,9H,2-5H2,1H3. The summed E-state index contributed by atoms with van der Waals surface area (Å²) in [7, 11) is -1.55. The molecule has 0 aromatic heterocycles. The molecule has 0 aliphatic heterocycles. The highest BCUT2D eigenvalue weighted by Gasteiger charge is 2.04. The summed E-state index contributed by atoms with van der Waals surface area (Å²) in [5.74, 6) is 0.962. The van der Waals surface area contributed by atoms with Crippen molar-refractivity contribution in [3.63, 3.8) is 0 Å². The van der Waals surface area contributed by atoms with Crippen LogP contribution in [0.3, 0.4) is 0 Å². The summed E-state index contributed by atoms with van der Waals surface area (Å²) in [5.41, 5.74) is 0. The van der Waals surface area contributed by atoms with E-state index in [2.05, 4.69) is 17.4 Å². The second-order valence-electron chi connectivity index (χ2n) is 1.95. The van der Waals surface area contributed by atoms with Crippen LogP contribution in [-0.2, 0) is 10.0 Å². The predicted molar refractivity (Wildman–Crippen MR) is 45.9 cm³/mol. The van der Waals surface area contributed by atoms with E-state index in [9.17, 15) is 8.42 Å². The fraction of sp³-hybridized carbons (Fsp3) is 1.00. The third-order valence-electron chi connectivity index (χ3n) is 1.13. The van der Waals surface area contributed by atoms with Crippen LogP contribution in [0.25, 0.3) is 0 Å². The van der Waals surface area contributed by atoms with Crippen molar-refractivity contribution in [3.05, 3.63) is 0 Å². The Labute approximate surface area is 67.7 Å². The Kier molecular flexibility index (Phi) is 5.11. The van der Waals surface area contributed by atoms with E-state index in [1.807, 2.05) is 0 Å². The van der Waals surface area contributed by atoms with Crippen molar-refractivity contribution < 1.29 is 8.42 Å². The zero-order chi connectivity index (χ0) is 8.04. The minimum absolute atomic E-state index is 0.212. The van der Waals surface area contributed by atoms with E-state index in [0.29, 0.717) is 6.42 Å². The monoisotopic (exact) mass is 183 g/mol. The van der Waals surface area contributed by atoms with Crippen LogP contribution in [0.15, 0.2) is 0 Å². The predicted octanol–water partition coefficient (Wildman–Crippen LogP) is 0.246. The number of thiol groups is 1. The Morgan fingerprint density at radius 1 is 1.40 bits per heavy atom. The van der Waals surface area contributed by atoms with Crippen LogP contribution >= 0.6 is 12.6 Å². The molecule has 0 aliphatic carbocycles. The van der Waals surface area contributed by atoms with Gasteiger partial charge < -0.3 is 0 Å². The van der Waals surface area contributed by atoms with Crippen molar-refractivity contribution in [1.29, 1.82) is 0 Å². The van der Waals surface area contributed by atoms with Gasteiger partial charge in [0.1, 0.15) is 0 Å². The fourth-order valence-corrected chi connectivity index (χ4v) is 1.52. The van der Waals surface area contributed by atoms with Gasteiger partial charge in [-0.3, -0.25) is 0 Å². The zero-order valence-corrected chi connectivity index (χ0v) is 7.71. The van der Waals surface area contributed by atoms with Crippen LogP contribution in [0.4, 0.5) is 0 Å². The lowest BCUT2D eigenvalue weighted by Crippen LogP contribution is -2.21. The van der Waals surface area contributed by atoms with Gasteiger partial charge in [-0.25, -0.2) is 13.1 Å². The maximum Gasteiger partial charge on any atom is 0.211 e. The third-order valence-corrected chi connectivity index (χ3v) is 2.90. The Bertz CT molecular complexity index is 164. The smallest absolute Gasteiger partial charge is 0.211 e. The normalized spacial score (nSPS) is 11.8. The molecule has 0 atom stereocenters. The molecule has 0 bridgehead atoms. The van der Waals surface area contributed by atoms with Crippen molar-refractivity contribution in [3.8, 4) is 0 Å². The fourth-order valence-electron chi connectivity index (χ4n) is 0.506. The summed E-state index contributed by atoms with van der Waals surface area (Å²) >= 11 is 3.96. The van der Waals surface area contributed by atoms with Gasteiger partial charge >= 0.3 is 0 Å². The van der Waals surface area contributed by atoms with Crippen molar-refractivity contribution >= 4 is 22.7 Å². The van der Waals surface area contributed by atoms with E-state index >= 15 is 0 Å². The molecule has 0 fully saturated rings. The van der Waals surface area contributed by atoms with Crippen LogP contribution in [0.2, 0.25) is 0 Å². The van der Waals surface area contributed by atoms with E-state index in [0.717, 1.165) is 12.2 Å². The van der Waals surface area contributed by atoms with Gasteiger partial charge in [0.25, 0.3) is 0 Å². The van der Waals surface area contributed by atoms with E-state index in [1.54, 1.807) is 0 Å². The van der Waals surface area contributed by atoms with Crippen molar-refractivity contribution in [2.45, 2.75) is 12.8 Å². The average molecular weight is 183 g/mol. The first-order chi connectivity index (χ1) is 4.62. The topological polar surface area (TPSA) is 46.2 Å². The molecule has 10 heavy (non-hydrogen) atoms. The summed E-state index contributed by atoms with van der Waals surface area (Å²) < 4.78 is 23.7. The Hall–Kier alpha value is 0.260. The zero-order valence-electron chi connectivity index (χ0n) is 6.00. The molecule has 0 unspecified atom stereocenters. The summed E-state index contributed by atoms with van der Waals surface area (Å²) in [6, 6.07) is 0. The molecule has 5 heteroatoms. The molecule has 62 valence electrons. The van der Waals surface area contributed by atoms with Crippen LogP contribution in [-0.4, -0.2) is 27.0 Å². The Morgan fingerprint density at radius 3 is 2.40 bits per heavy atom. The SMILES string of the molecule is CNS(=O)(=O)CCCCS. The first-order valence-corrected chi connectivity index (χ1v) is 5.43. The molecule has 0 radical (unpaired) electrons. The first kappa shape index (κ1) is 10.3. The quantitative estimate of drug-likeness (QED) is 0.474. The minimum atomic E-state index is -2.98. The van der Waals surface area contributed by atoms with Gasteiger partial charge in [0, 0.05) is 0 Å². The number of nitrogens with one attached hydrogen (secondary N) is 1. The molecule has 3 nitrogen and oxygen atoms in total. The van der Waals surface area contributed by atoms with Gasteiger partial charge in [-0.1, -0.05) is 0 Å². The summed E-state index contributed by atoms with van der Waals surface area (Å²) in [6.07, 6.45) is 1.54. The molecule has 0 aliphatic rings. The molecule has 0 aromatic carbocycles. The number of hydrogen-bond acceptors (Lipinski definition) is 3. The van der Waals surface area contributed by atoms with Crippen molar-refractivity contribution in [1.82, 2.24) is 4.72 Å². The molecule has 0 rings (SSSR count). The van der Waals surface area contributed by atoms with Crippen LogP contribution in [0.5, 0.6) is 0 Å². The molecule has 0 aromatic rings. The van der Waals surface area contributed by atoms with Crippen molar-refractivity contribution in [2.24, 2.45) is 0 Å². The van der Waals surface area contributed by atoms with E-state index < -0.39 is 10.0 Å². The first-order valence-electron chi connectivity index (χ1n) is 3.14. The van der Waals surface area contributed by atoms with Crippen molar-refractivity contribution in [2.75, 3.05) is 18.6 Å². The molecule has 0 spiro atoms. The molecule has 0 amide bonds. The maximum atomic E-state index is 10.7. The van der Waals surface area contributed by atoms with Gasteiger partial charge in [-0.15, -0.1) is 0 Å². The highest BCUT2D eigenvalue weighted by atomic mass is 32.2. The van der Waals surface area contributed by atoms with Crippen LogP contribution < -0.4 is 4.72 Å². The summed E-state index contributed by atoms with van der Waals surface area (Å²) in [6.45, 7) is 0. The van der Waals surface area contributed by atoms with Crippen LogP contribution in [0, 0.1) is 0 Å². The highest BCUT2D eigenvalue weighted by Crippen LogP contribution is 1.94. The number of unbranched alkanes of at least 4 members (excludes halogenated alkanes) is 1. The summed E-state index contributed by atoms with van der Waals surface area (Å²) in [4.78, 5) is 0. The summed E-state index contributed by atoms with van der Waals surface area (Å²) in [5, 5.41) is 0. The van der Waals surface area contributed by atoms with Gasteiger partial charge in [-0.2, -0.15) is 12.6 Å².